The van der Waals surface area contributed by atoms with Gasteiger partial charge < -0.3 is 9.64 Å². The summed E-state index contributed by atoms with van der Waals surface area (Å²) in [7, 11) is -3.79. The maximum Gasteiger partial charge on any atom is 0.338 e. The average molecular weight is 402 g/mol. The van der Waals surface area contributed by atoms with E-state index in [1.54, 1.807) is 17.0 Å². The molecular weight excluding hydrogens is 380 g/mol. The molecule has 0 fully saturated rings. The van der Waals surface area contributed by atoms with Gasteiger partial charge >= 0.3 is 5.97 Å². The summed E-state index contributed by atoms with van der Waals surface area (Å²) in [5.41, 5.74) is 2.28. The minimum Gasteiger partial charge on any atom is -0.462 e. The molecule has 0 saturated heterocycles. The Kier molecular flexibility index (Phi) is 5.69. The van der Waals surface area contributed by atoms with Gasteiger partial charge in [-0.15, -0.1) is 0 Å². The van der Waals surface area contributed by atoms with Crippen LogP contribution in [-0.2, 0) is 26.0 Å². The fraction of sp³-hybridized carbons (Fsp3) is 0.300. The van der Waals surface area contributed by atoms with Crippen LogP contribution < -0.4 is 9.62 Å². The SMILES string of the molecule is CCCOC(=O)c1ccc(NS(=O)(=O)c2ccc3c(c2)CCN3C(C)=O)cc1. The average Bonchev–Trinajstić information content (AvgIpc) is 3.10. The molecule has 0 saturated carbocycles. The van der Waals surface area contributed by atoms with Crippen molar-refractivity contribution in [3.8, 4) is 0 Å². The van der Waals surface area contributed by atoms with Gasteiger partial charge in [-0.3, -0.25) is 9.52 Å². The Morgan fingerprint density at radius 2 is 1.86 bits per heavy atom. The highest BCUT2D eigenvalue weighted by Gasteiger charge is 2.24. The predicted octanol–water partition coefficient (Wildman–Crippen LogP) is 2.96. The molecule has 148 valence electrons. The largest absolute Gasteiger partial charge is 0.462 e. The van der Waals surface area contributed by atoms with Crippen LogP contribution in [0.25, 0.3) is 0 Å². The Labute approximate surface area is 164 Å². The van der Waals surface area contributed by atoms with Gasteiger partial charge in [0.2, 0.25) is 5.91 Å². The molecule has 28 heavy (non-hydrogen) atoms. The summed E-state index contributed by atoms with van der Waals surface area (Å²) in [6.07, 6.45) is 1.35. The van der Waals surface area contributed by atoms with E-state index in [1.807, 2.05) is 6.92 Å². The summed E-state index contributed by atoms with van der Waals surface area (Å²) in [5.74, 6) is -0.505. The zero-order valence-corrected chi connectivity index (χ0v) is 16.6. The Morgan fingerprint density at radius 1 is 1.14 bits per heavy atom. The minimum absolute atomic E-state index is 0.0648. The monoisotopic (exact) mass is 402 g/mol. The van der Waals surface area contributed by atoms with E-state index < -0.39 is 16.0 Å². The number of carbonyl (C=O) groups excluding carboxylic acids is 2. The number of nitrogens with one attached hydrogen (secondary N) is 1. The summed E-state index contributed by atoms with van der Waals surface area (Å²) in [6.45, 7) is 4.29. The molecule has 0 aromatic heterocycles. The fourth-order valence-corrected chi connectivity index (χ4v) is 4.15. The maximum absolute atomic E-state index is 12.7. The number of rotatable bonds is 6. The van der Waals surface area contributed by atoms with Crippen molar-refractivity contribution in [1.82, 2.24) is 0 Å². The number of sulfonamides is 1. The number of ether oxygens (including phenoxy) is 1. The van der Waals surface area contributed by atoms with Gasteiger partial charge in [-0.2, -0.15) is 0 Å². The van der Waals surface area contributed by atoms with E-state index in [0.29, 0.717) is 30.8 Å². The van der Waals surface area contributed by atoms with Crippen LogP contribution in [0.1, 0.15) is 36.2 Å². The Balaban J connectivity index is 1.76. The topological polar surface area (TPSA) is 92.8 Å². The predicted molar refractivity (Wildman–Crippen MR) is 106 cm³/mol. The Morgan fingerprint density at radius 3 is 2.50 bits per heavy atom. The molecule has 1 aliphatic heterocycles. The minimum atomic E-state index is -3.79. The first kappa shape index (κ1) is 19.9. The Bertz CT molecular complexity index is 1000. The summed E-state index contributed by atoms with van der Waals surface area (Å²) < 4.78 is 32.9. The molecule has 0 spiro atoms. The standard InChI is InChI=1S/C20H22N2O5S/c1-3-12-27-20(24)15-4-6-17(7-5-15)21-28(25,26)18-8-9-19-16(13-18)10-11-22(19)14(2)23/h4-9,13,21H,3,10-12H2,1-2H3. The third-order valence-electron chi connectivity index (χ3n) is 4.45. The van der Waals surface area contributed by atoms with Gasteiger partial charge in [-0.25, -0.2) is 13.2 Å². The van der Waals surface area contributed by atoms with Crippen molar-refractivity contribution in [1.29, 1.82) is 0 Å². The van der Waals surface area contributed by atoms with E-state index in [2.05, 4.69) is 4.72 Å². The first-order valence-electron chi connectivity index (χ1n) is 9.03. The molecule has 7 nitrogen and oxygen atoms in total. The number of fused-ring (bicyclic) bond motifs is 1. The molecule has 0 radical (unpaired) electrons. The number of hydrogen-bond acceptors (Lipinski definition) is 5. The fourth-order valence-electron chi connectivity index (χ4n) is 3.04. The van der Waals surface area contributed by atoms with Crippen LogP contribution in [0.4, 0.5) is 11.4 Å². The van der Waals surface area contributed by atoms with Crippen molar-refractivity contribution >= 4 is 33.3 Å². The molecule has 8 heteroatoms. The van der Waals surface area contributed by atoms with E-state index in [-0.39, 0.29) is 10.8 Å². The van der Waals surface area contributed by atoms with Crippen LogP contribution in [0.15, 0.2) is 47.4 Å². The lowest BCUT2D eigenvalue weighted by Crippen LogP contribution is -2.25. The summed E-state index contributed by atoms with van der Waals surface area (Å²) in [6, 6.07) is 10.8. The van der Waals surface area contributed by atoms with Crippen molar-refractivity contribution in [2.75, 3.05) is 22.8 Å². The first-order chi connectivity index (χ1) is 13.3. The summed E-state index contributed by atoms with van der Waals surface area (Å²) in [4.78, 5) is 25.2. The lowest BCUT2D eigenvalue weighted by atomic mass is 10.2. The molecule has 0 bridgehead atoms. The second kappa shape index (κ2) is 8.02. The number of amides is 1. The van der Waals surface area contributed by atoms with E-state index in [4.69, 9.17) is 4.74 Å². The molecule has 2 aromatic carbocycles. The number of carbonyl (C=O) groups is 2. The second-order valence-electron chi connectivity index (χ2n) is 6.53. The van der Waals surface area contributed by atoms with Gasteiger partial charge in [-0.1, -0.05) is 6.92 Å². The highest BCUT2D eigenvalue weighted by molar-refractivity contribution is 7.92. The van der Waals surface area contributed by atoms with Crippen LogP contribution >= 0.6 is 0 Å². The van der Waals surface area contributed by atoms with Crippen LogP contribution in [0.3, 0.4) is 0 Å². The quantitative estimate of drug-likeness (QED) is 0.750. The molecule has 2 aromatic rings. The van der Waals surface area contributed by atoms with E-state index in [9.17, 15) is 18.0 Å². The van der Waals surface area contributed by atoms with Gasteiger partial charge in [0.15, 0.2) is 0 Å². The number of nitrogens with zero attached hydrogens (tertiary/aromatic N) is 1. The number of benzene rings is 2. The normalized spacial score (nSPS) is 13.1. The molecule has 3 rings (SSSR count). The molecule has 1 N–H and O–H groups in total. The molecule has 0 unspecified atom stereocenters. The van der Waals surface area contributed by atoms with Gasteiger partial charge in [0.25, 0.3) is 10.0 Å². The highest BCUT2D eigenvalue weighted by Crippen LogP contribution is 2.30. The first-order valence-corrected chi connectivity index (χ1v) is 10.5. The zero-order chi connectivity index (χ0) is 20.3. The third-order valence-corrected chi connectivity index (χ3v) is 5.83. The van der Waals surface area contributed by atoms with Gasteiger partial charge in [0.1, 0.15) is 0 Å². The smallest absolute Gasteiger partial charge is 0.338 e. The maximum atomic E-state index is 12.7. The van der Waals surface area contributed by atoms with Crippen molar-refractivity contribution in [2.45, 2.75) is 31.6 Å². The lowest BCUT2D eigenvalue weighted by molar-refractivity contribution is -0.116. The molecule has 1 amide bonds. The van der Waals surface area contributed by atoms with Gasteiger partial charge in [0.05, 0.1) is 17.1 Å². The molecule has 0 aliphatic carbocycles. The summed E-state index contributed by atoms with van der Waals surface area (Å²) in [5, 5.41) is 0. The highest BCUT2D eigenvalue weighted by atomic mass is 32.2. The van der Waals surface area contributed by atoms with Gasteiger partial charge in [-0.05, 0) is 60.9 Å². The lowest BCUT2D eigenvalue weighted by Gasteiger charge is -2.15. The number of esters is 1. The molecule has 1 heterocycles. The number of anilines is 2. The van der Waals surface area contributed by atoms with E-state index in [1.165, 1.54) is 37.3 Å². The van der Waals surface area contributed by atoms with E-state index >= 15 is 0 Å². The van der Waals surface area contributed by atoms with Crippen molar-refractivity contribution in [2.24, 2.45) is 0 Å². The van der Waals surface area contributed by atoms with Gasteiger partial charge in [0, 0.05) is 24.8 Å². The Hall–Kier alpha value is -2.87. The van der Waals surface area contributed by atoms with Crippen LogP contribution in [-0.4, -0.2) is 33.4 Å². The summed E-state index contributed by atoms with van der Waals surface area (Å²) >= 11 is 0. The zero-order valence-electron chi connectivity index (χ0n) is 15.8. The molecular formula is C20H22N2O5S. The second-order valence-corrected chi connectivity index (χ2v) is 8.21. The van der Waals surface area contributed by atoms with Crippen LogP contribution in [0.2, 0.25) is 0 Å². The molecule has 1 aliphatic rings. The van der Waals surface area contributed by atoms with Crippen LogP contribution in [0, 0.1) is 0 Å². The third kappa shape index (κ3) is 4.17. The van der Waals surface area contributed by atoms with Crippen molar-refractivity contribution in [3.05, 3.63) is 53.6 Å². The molecule has 0 atom stereocenters. The van der Waals surface area contributed by atoms with Crippen LogP contribution in [0.5, 0.6) is 0 Å². The van der Waals surface area contributed by atoms with E-state index in [0.717, 1.165) is 17.7 Å². The van der Waals surface area contributed by atoms with Crippen molar-refractivity contribution < 1.29 is 22.7 Å². The number of hydrogen-bond donors (Lipinski definition) is 1. The van der Waals surface area contributed by atoms with Crippen molar-refractivity contribution in [3.63, 3.8) is 0 Å².